The van der Waals surface area contributed by atoms with E-state index in [4.69, 9.17) is 5.11 Å². The minimum absolute atomic E-state index is 0.167. The van der Waals surface area contributed by atoms with Crippen LogP contribution in [0.3, 0.4) is 0 Å². The molecule has 0 aromatic heterocycles. The van der Waals surface area contributed by atoms with Crippen molar-refractivity contribution in [2.45, 2.75) is 64.1 Å². The average molecular weight is 215 g/mol. The number of nitrogens with zero attached hydrogens (tertiary/aromatic N) is 1. The Balaban J connectivity index is 2.52. The number of hydrogen-bond acceptors (Lipinski definition) is 3. The van der Waals surface area contributed by atoms with E-state index >= 15 is 0 Å². The fourth-order valence-electron chi connectivity index (χ4n) is 2.54. The van der Waals surface area contributed by atoms with E-state index in [9.17, 15) is 5.11 Å². The van der Waals surface area contributed by atoms with E-state index in [1.165, 1.54) is 6.42 Å². The molecule has 1 saturated carbocycles. The fourth-order valence-corrected chi connectivity index (χ4v) is 2.54. The second kappa shape index (κ2) is 6.46. The lowest BCUT2D eigenvalue weighted by Gasteiger charge is -2.40. The van der Waals surface area contributed by atoms with Gasteiger partial charge in [-0.1, -0.05) is 12.8 Å². The van der Waals surface area contributed by atoms with Crippen molar-refractivity contribution < 1.29 is 10.2 Å². The maximum atomic E-state index is 9.98. The summed E-state index contributed by atoms with van der Waals surface area (Å²) in [6, 6.07) is 0.764. The van der Waals surface area contributed by atoms with Crippen molar-refractivity contribution in [1.82, 2.24) is 4.90 Å². The van der Waals surface area contributed by atoms with Gasteiger partial charge in [-0.3, -0.25) is 4.90 Å². The molecule has 2 atom stereocenters. The van der Waals surface area contributed by atoms with E-state index in [0.29, 0.717) is 12.1 Å². The highest BCUT2D eigenvalue weighted by atomic mass is 16.3. The fraction of sp³-hybridized carbons (Fsp3) is 1.00. The largest absolute Gasteiger partial charge is 0.396 e. The van der Waals surface area contributed by atoms with Gasteiger partial charge in [-0.25, -0.2) is 0 Å². The summed E-state index contributed by atoms with van der Waals surface area (Å²) >= 11 is 0. The zero-order valence-electron chi connectivity index (χ0n) is 10.0. The molecule has 0 aliphatic heterocycles. The number of rotatable bonds is 5. The molecular weight excluding hydrogens is 190 g/mol. The lowest BCUT2D eigenvalue weighted by atomic mass is 9.90. The third-order valence-corrected chi connectivity index (χ3v) is 3.36. The van der Waals surface area contributed by atoms with Crippen molar-refractivity contribution in [3.05, 3.63) is 0 Å². The Bertz CT molecular complexity index is 173. The van der Waals surface area contributed by atoms with Crippen LogP contribution in [0.5, 0.6) is 0 Å². The minimum atomic E-state index is -0.167. The molecule has 0 aromatic carbocycles. The van der Waals surface area contributed by atoms with Crippen molar-refractivity contribution in [1.29, 1.82) is 0 Å². The van der Waals surface area contributed by atoms with E-state index in [1.807, 2.05) is 0 Å². The van der Waals surface area contributed by atoms with Crippen LogP contribution < -0.4 is 0 Å². The molecule has 3 nitrogen and oxygen atoms in total. The van der Waals surface area contributed by atoms with Gasteiger partial charge in [0.05, 0.1) is 6.10 Å². The van der Waals surface area contributed by atoms with Crippen LogP contribution in [-0.2, 0) is 0 Å². The van der Waals surface area contributed by atoms with Crippen LogP contribution in [0.4, 0.5) is 0 Å². The first kappa shape index (κ1) is 12.9. The molecule has 0 spiro atoms. The van der Waals surface area contributed by atoms with Crippen molar-refractivity contribution in [3.63, 3.8) is 0 Å². The Morgan fingerprint density at radius 1 is 1.27 bits per heavy atom. The van der Waals surface area contributed by atoms with Crippen molar-refractivity contribution in [2.24, 2.45) is 0 Å². The second-order valence-corrected chi connectivity index (χ2v) is 4.83. The lowest BCUT2D eigenvalue weighted by molar-refractivity contribution is 0.00244. The first-order valence-corrected chi connectivity index (χ1v) is 6.21. The Labute approximate surface area is 93.1 Å². The molecule has 2 N–H and O–H groups in total. The summed E-state index contributed by atoms with van der Waals surface area (Å²) in [5.74, 6) is 0. The Morgan fingerprint density at radius 3 is 2.47 bits per heavy atom. The van der Waals surface area contributed by atoms with Crippen molar-refractivity contribution >= 4 is 0 Å². The zero-order chi connectivity index (χ0) is 11.3. The quantitative estimate of drug-likeness (QED) is 0.728. The molecular formula is C12H25NO2. The molecule has 3 heteroatoms. The van der Waals surface area contributed by atoms with E-state index in [2.05, 4.69) is 18.7 Å². The van der Waals surface area contributed by atoms with Crippen LogP contribution in [0.1, 0.15) is 46.0 Å². The van der Waals surface area contributed by atoms with Gasteiger partial charge in [0.15, 0.2) is 0 Å². The molecule has 1 fully saturated rings. The zero-order valence-corrected chi connectivity index (χ0v) is 10.0. The summed E-state index contributed by atoms with van der Waals surface area (Å²) in [4.78, 5) is 2.35. The summed E-state index contributed by atoms with van der Waals surface area (Å²) < 4.78 is 0. The van der Waals surface area contributed by atoms with E-state index < -0.39 is 0 Å². The molecule has 1 rings (SSSR count). The Morgan fingerprint density at radius 2 is 1.93 bits per heavy atom. The molecule has 0 aromatic rings. The van der Waals surface area contributed by atoms with Crippen LogP contribution in [0.25, 0.3) is 0 Å². The maximum absolute atomic E-state index is 9.98. The van der Waals surface area contributed by atoms with Gasteiger partial charge in [0, 0.05) is 25.2 Å². The maximum Gasteiger partial charge on any atom is 0.0695 e. The molecule has 0 heterocycles. The van der Waals surface area contributed by atoms with Gasteiger partial charge in [0.2, 0.25) is 0 Å². The summed E-state index contributed by atoms with van der Waals surface area (Å²) in [6.07, 6.45) is 5.06. The summed E-state index contributed by atoms with van der Waals surface area (Å²) in [6.45, 7) is 5.47. The van der Waals surface area contributed by atoms with Gasteiger partial charge in [-0.2, -0.15) is 0 Å². The molecule has 15 heavy (non-hydrogen) atoms. The predicted molar refractivity (Wildman–Crippen MR) is 61.8 cm³/mol. The summed E-state index contributed by atoms with van der Waals surface area (Å²) in [7, 11) is 0. The Hall–Kier alpha value is -0.120. The Kier molecular flexibility index (Phi) is 5.58. The lowest BCUT2D eigenvalue weighted by Crippen LogP contribution is -2.49. The van der Waals surface area contributed by atoms with Crippen LogP contribution in [0.15, 0.2) is 0 Å². The molecule has 1 aliphatic carbocycles. The number of hydrogen-bond donors (Lipinski definition) is 2. The van der Waals surface area contributed by atoms with E-state index in [0.717, 1.165) is 32.2 Å². The van der Waals surface area contributed by atoms with Crippen LogP contribution in [0, 0.1) is 0 Å². The van der Waals surface area contributed by atoms with Crippen LogP contribution >= 0.6 is 0 Å². The van der Waals surface area contributed by atoms with Gasteiger partial charge in [-0.05, 0) is 33.1 Å². The highest BCUT2D eigenvalue weighted by Crippen LogP contribution is 2.24. The average Bonchev–Trinajstić information content (AvgIpc) is 2.20. The van der Waals surface area contributed by atoms with E-state index in [-0.39, 0.29) is 12.7 Å². The second-order valence-electron chi connectivity index (χ2n) is 4.83. The highest BCUT2D eigenvalue weighted by molar-refractivity contribution is 4.84. The standard InChI is InChI=1S/C12H25NO2/c1-10(2)13(8-5-9-14)11-6-3-4-7-12(11)15/h10-12,14-15H,3-9H2,1-2H3/t11-,12-/m1/s1. The van der Waals surface area contributed by atoms with Gasteiger partial charge in [0.1, 0.15) is 0 Å². The highest BCUT2D eigenvalue weighted by Gasteiger charge is 2.29. The molecule has 0 saturated heterocycles. The van der Waals surface area contributed by atoms with Gasteiger partial charge >= 0.3 is 0 Å². The van der Waals surface area contributed by atoms with Gasteiger partial charge < -0.3 is 10.2 Å². The summed E-state index contributed by atoms with van der Waals surface area (Å²) in [5.41, 5.74) is 0. The molecule has 0 amide bonds. The predicted octanol–water partition coefficient (Wildman–Crippen LogP) is 1.38. The third kappa shape index (κ3) is 3.74. The van der Waals surface area contributed by atoms with Crippen LogP contribution in [0.2, 0.25) is 0 Å². The molecule has 0 radical (unpaired) electrons. The van der Waals surface area contributed by atoms with Crippen molar-refractivity contribution in [2.75, 3.05) is 13.2 Å². The van der Waals surface area contributed by atoms with Crippen LogP contribution in [-0.4, -0.2) is 46.5 Å². The molecule has 0 bridgehead atoms. The van der Waals surface area contributed by atoms with E-state index in [1.54, 1.807) is 0 Å². The smallest absolute Gasteiger partial charge is 0.0695 e. The van der Waals surface area contributed by atoms with Crippen molar-refractivity contribution in [3.8, 4) is 0 Å². The number of aliphatic hydroxyl groups excluding tert-OH is 2. The summed E-state index contributed by atoms with van der Waals surface area (Å²) in [5, 5.41) is 18.9. The third-order valence-electron chi connectivity index (χ3n) is 3.36. The monoisotopic (exact) mass is 215 g/mol. The molecule has 1 aliphatic rings. The van der Waals surface area contributed by atoms with Gasteiger partial charge in [-0.15, -0.1) is 0 Å². The first-order valence-electron chi connectivity index (χ1n) is 6.21. The molecule has 0 unspecified atom stereocenters. The SMILES string of the molecule is CC(C)N(CCCO)[C@@H]1CCCC[C@H]1O. The normalized spacial score (nSPS) is 27.6. The molecule has 90 valence electrons. The number of aliphatic hydroxyl groups is 2. The van der Waals surface area contributed by atoms with Gasteiger partial charge in [0.25, 0.3) is 0 Å². The minimum Gasteiger partial charge on any atom is -0.396 e. The topological polar surface area (TPSA) is 43.7 Å². The first-order chi connectivity index (χ1) is 7.16.